The molecule has 2 N–H and O–H groups in total. The summed E-state index contributed by atoms with van der Waals surface area (Å²) in [5.74, 6) is -3.02. The molecule has 0 fully saturated rings. The van der Waals surface area contributed by atoms with Gasteiger partial charge in [-0.1, -0.05) is 6.92 Å². The first-order valence-electron chi connectivity index (χ1n) is 2.06. The van der Waals surface area contributed by atoms with E-state index in [2.05, 4.69) is 12.6 Å². The number of carboxylic acids is 2. The monoisotopic (exact) mass is 346 g/mol. The van der Waals surface area contributed by atoms with Gasteiger partial charge in [0, 0.05) is 4.75 Å². The fraction of sp³-hybridized carbons (Fsp3) is 0.500. The van der Waals surface area contributed by atoms with Crippen molar-refractivity contribution in [1.82, 2.24) is 0 Å². The van der Waals surface area contributed by atoms with Crippen LogP contribution in [0, 0.1) is 0 Å². The number of carboxylic acid groups (broad SMARTS) is 2. The molecule has 0 atom stereocenters. The average molecular weight is 346 g/mol. The molecular formula is C4H5AuO4S. The predicted molar refractivity (Wildman–Crippen MR) is 31.0 cm³/mol. The summed E-state index contributed by atoms with van der Waals surface area (Å²) >= 11 is 4.19. The molecule has 0 saturated carbocycles. The van der Waals surface area contributed by atoms with E-state index in [0.717, 1.165) is 6.92 Å². The fourth-order valence-electron chi connectivity index (χ4n) is 0.0915. The molecule has 0 aliphatic rings. The van der Waals surface area contributed by atoms with Gasteiger partial charge < -0.3 is 22.8 Å². The van der Waals surface area contributed by atoms with Crippen molar-refractivity contribution in [2.24, 2.45) is 0 Å². The molecule has 0 heterocycles. The minimum absolute atomic E-state index is 0. The zero-order valence-electron chi connectivity index (χ0n) is 4.92. The van der Waals surface area contributed by atoms with E-state index in [1.54, 1.807) is 0 Å². The number of carbonyl (C=O) groups is 2. The molecule has 0 aromatic carbocycles. The molecule has 0 aliphatic heterocycles. The zero-order valence-corrected chi connectivity index (χ0v) is 7.90. The van der Waals surface area contributed by atoms with Crippen LogP contribution < -0.4 is 0 Å². The van der Waals surface area contributed by atoms with Gasteiger partial charge in [0.05, 0.1) is 0 Å². The predicted octanol–water partition coefficient (Wildman–Crippen LogP) is -0.541. The Hall–Kier alpha value is 0.0303. The Kier molecular flexibility index (Phi) is 5.10. The standard InChI is InChI=1S/C4H6O4S.Au/c1-4(9,2(5)6)3(7)8;/h9H,1H3,(H,5,6)(H,7,8);/q;+1/p-1. The summed E-state index contributed by atoms with van der Waals surface area (Å²) in [6.45, 7) is 0.951. The van der Waals surface area contributed by atoms with E-state index in [1.165, 1.54) is 0 Å². The van der Waals surface area contributed by atoms with Gasteiger partial charge >= 0.3 is 22.4 Å². The van der Waals surface area contributed by atoms with Crippen LogP contribution in [0.25, 0.3) is 0 Å². The Morgan fingerprint density at radius 2 is 1.50 bits per heavy atom. The molecule has 4 nitrogen and oxygen atoms in total. The number of aliphatic carboxylic acids is 2. The molecule has 10 heavy (non-hydrogen) atoms. The van der Waals surface area contributed by atoms with Gasteiger partial charge in [-0.25, -0.2) is 0 Å². The summed E-state index contributed by atoms with van der Waals surface area (Å²) in [4.78, 5) is 20.0. The van der Waals surface area contributed by atoms with Crippen LogP contribution in [-0.4, -0.2) is 26.9 Å². The summed E-state index contributed by atoms with van der Waals surface area (Å²) in [7, 11) is 0. The molecule has 0 aliphatic carbocycles. The zero-order chi connectivity index (χ0) is 7.65. The maximum atomic E-state index is 9.98. The molecule has 0 aromatic rings. The van der Waals surface area contributed by atoms with Crippen molar-refractivity contribution < 1.29 is 42.2 Å². The molecular weight excluding hydrogens is 341 g/mol. The van der Waals surface area contributed by atoms with Crippen LogP contribution in [0.15, 0.2) is 0 Å². The largest absolute Gasteiger partial charge is 1.00 e. The van der Waals surface area contributed by atoms with Crippen LogP contribution in [0.2, 0.25) is 0 Å². The van der Waals surface area contributed by atoms with Crippen LogP contribution in [-0.2, 0) is 44.6 Å². The third-order valence-corrected chi connectivity index (χ3v) is 1.17. The first-order chi connectivity index (χ1) is 3.89. The molecule has 6 heteroatoms. The smallest absolute Gasteiger partial charge is 0.764 e. The first-order valence-corrected chi connectivity index (χ1v) is 2.47. The maximum absolute atomic E-state index is 9.98. The molecule has 0 spiro atoms. The molecule has 0 amide bonds. The molecule has 0 radical (unpaired) electrons. The van der Waals surface area contributed by atoms with Crippen LogP contribution in [0.5, 0.6) is 0 Å². The summed E-state index contributed by atoms with van der Waals surface area (Å²) in [6, 6.07) is 0. The number of hydrogen-bond donors (Lipinski definition) is 2. The topological polar surface area (TPSA) is 74.6 Å². The Labute approximate surface area is 78.5 Å². The number of rotatable bonds is 2. The van der Waals surface area contributed by atoms with Crippen molar-refractivity contribution in [3.63, 3.8) is 0 Å². The van der Waals surface area contributed by atoms with E-state index in [9.17, 15) is 9.59 Å². The summed E-state index contributed by atoms with van der Waals surface area (Å²) in [6.07, 6.45) is 0. The second-order valence-corrected chi connectivity index (χ2v) is 2.46. The van der Waals surface area contributed by atoms with Gasteiger partial charge in [0.2, 0.25) is 0 Å². The Morgan fingerprint density at radius 1 is 1.30 bits per heavy atom. The van der Waals surface area contributed by atoms with Crippen molar-refractivity contribution in [2.45, 2.75) is 11.7 Å². The summed E-state index contributed by atoms with van der Waals surface area (Å²) < 4.78 is -2.08. The van der Waals surface area contributed by atoms with Crippen LogP contribution >= 0.6 is 0 Å². The van der Waals surface area contributed by atoms with Gasteiger partial charge in [0.1, 0.15) is 0 Å². The minimum Gasteiger partial charge on any atom is -0.764 e. The van der Waals surface area contributed by atoms with Crippen molar-refractivity contribution in [3.8, 4) is 0 Å². The second kappa shape index (κ2) is 4.02. The Morgan fingerprint density at radius 3 is 1.50 bits per heavy atom. The second-order valence-electron chi connectivity index (χ2n) is 1.64. The van der Waals surface area contributed by atoms with Gasteiger partial charge in [0.15, 0.2) is 0 Å². The van der Waals surface area contributed by atoms with E-state index >= 15 is 0 Å². The molecule has 0 aromatic heterocycles. The fourth-order valence-corrected chi connectivity index (χ4v) is 0.0915. The van der Waals surface area contributed by atoms with E-state index in [4.69, 9.17) is 10.2 Å². The van der Waals surface area contributed by atoms with Crippen LogP contribution in [0.4, 0.5) is 0 Å². The normalized spacial score (nSPS) is 9.80. The molecule has 0 bridgehead atoms. The van der Waals surface area contributed by atoms with Crippen molar-refractivity contribution >= 4 is 24.6 Å². The number of hydrogen-bond acceptors (Lipinski definition) is 3. The quantitative estimate of drug-likeness (QED) is 0.399. The average Bonchev–Trinajstić information content (AvgIpc) is 1.65. The van der Waals surface area contributed by atoms with Crippen molar-refractivity contribution in [2.75, 3.05) is 0 Å². The van der Waals surface area contributed by atoms with Gasteiger partial charge in [-0.3, -0.25) is 9.59 Å². The van der Waals surface area contributed by atoms with Crippen LogP contribution in [0.1, 0.15) is 6.92 Å². The third kappa shape index (κ3) is 2.74. The maximum Gasteiger partial charge on any atom is 1.00 e. The minimum atomic E-state index is -2.08. The Balaban J connectivity index is 0. The summed E-state index contributed by atoms with van der Waals surface area (Å²) in [5, 5.41) is 16.3. The summed E-state index contributed by atoms with van der Waals surface area (Å²) in [5.41, 5.74) is 0. The van der Waals surface area contributed by atoms with E-state index in [1.807, 2.05) is 0 Å². The van der Waals surface area contributed by atoms with Crippen LogP contribution in [0.3, 0.4) is 0 Å². The van der Waals surface area contributed by atoms with Crippen molar-refractivity contribution in [3.05, 3.63) is 0 Å². The Bertz CT molecular complexity index is 139. The van der Waals surface area contributed by atoms with E-state index < -0.39 is 16.7 Å². The van der Waals surface area contributed by atoms with Gasteiger partial charge in [0.25, 0.3) is 11.9 Å². The van der Waals surface area contributed by atoms with Crippen molar-refractivity contribution in [1.29, 1.82) is 0 Å². The molecule has 0 unspecified atom stereocenters. The molecule has 0 saturated heterocycles. The first kappa shape index (κ1) is 12.7. The van der Waals surface area contributed by atoms with Gasteiger partial charge in [-0.05, 0) is 0 Å². The molecule has 0 rings (SSSR count). The van der Waals surface area contributed by atoms with E-state index in [0.29, 0.717) is 0 Å². The van der Waals surface area contributed by atoms with E-state index in [-0.39, 0.29) is 22.4 Å². The SMILES string of the molecule is CC([S-])(C(=O)O)C(=O)O.[Au+]. The molecule has 62 valence electrons. The van der Waals surface area contributed by atoms with Gasteiger partial charge in [-0.15, -0.1) is 0 Å². The van der Waals surface area contributed by atoms with Gasteiger partial charge in [-0.2, -0.15) is 0 Å². The third-order valence-electron chi connectivity index (χ3n) is 0.816.